The van der Waals surface area contributed by atoms with Gasteiger partial charge in [0.25, 0.3) is 0 Å². The first kappa shape index (κ1) is 16.7. The third-order valence-corrected chi connectivity index (χ3v) is 4.43. The molecule has 0 bridgehead atoms. The smallest absolute Gasteiger partial charge is 0.246 e. The Hall–Kier alpha value is -2.10. The summed E-state index contributed by atoms with van der Waals surface area (Å²) >= 11 is 6.03. The Morgan fingerprint density at radius 2 is 1.75 bits per heavy atom. The number of carbonyl (C=O) groups is 1. The van der Waals surface area contributed by atoms with Gasteiger partial charge in [0.1, 0.15) is 0 Å². The van der Waals surface area contributed by atoms with Crippen LogP contribution in [0.4, 0.5) is 0 Å². The normalized spacial score (nSPS) is 15.8. The largest absolute Gasteiger partial charge is 0.337 e. The molecule has 1 heterocycles. The Labute approximate surface area is 148 Å². The van der Waals surface area contributed by atoms with Crippen LogP contribution in [0.2, 0.25) is 5.02 Å². The molecule has 2 aromatic rings. The van der Waals surface area contributed by atoms with E-state index in [4.69, 9.17) is 11.6 Å². The van der Waals surface area contributed by atoms with Crippen LogP contribution in [-0.2, 0) is 11.3 Å². The van der Waals surface area contributed by atoms with Crippen LogP contribution in [0.3, 0.4) is 0 Å². The lowest BCUT2D eigenvalue weighted by Gasteiger charge is -2.34. The van der Waals surface area contributed by atoms with Gasteiger partial charge in [-0.2, -0.15) is 0 Å². The van der Waals surface area contributed by atoms with Crippen LogP contribution in [0.15, 0.2) is 60.7 Å². The zero-order chi connectivity index (χ0) is 16.8. The number of rotatable bonds is 4. The molecular weight excluding hydrogens is 320 g/mol. The highest BCUT2D eigenvalue weighted by molar-refractivity contribution is 6.30. The Balaban J connectivity index is 1.49. The van der Waals surface area contributed by atoms with Crippen LogP contribution in [-0.4, -0.2) is 41.9 Å². The molecule has 0 atom stereocenters. The van der Waals surface area contributed by atoms with Gasteiger partial charge in [0.05, 0.1) is 0 Å². The SMILES string of the molecule is O=C(C=Cc1ccccc1)N1CCN(Cc2cccc(Cl)c2)CC1. The minimum atomic E-state index is 0.0845. The lowest BCUT2D eigenvalue weighted by molar-refractivity contribution is -0.127. The summed E-state index contributed by atoms with van der Waals surface area (Å²) in [5, 5.41) is 0.771. The van der Waals surface area contributed by atoms with Crippen molar-refractivity contribution in [2.45, 2.75) is 6.54 Å². The molecule has 4 heteroatoms. The van der Waals surface area contributed by atoms with E-state index in [0.717, 1.165) is 43.3 Å². The second-order valence-electron chi connectivity index (χ2n) is 5.98. The standard InChI is InChI=1S/C20H21ClN2O/c21-19-8-4-7-18(15-19)16-22-11-13-23(14-12-22)20(24)10-9-17-5-2-1-3-6-17/h1-10,15H,11-14,16H2. The summed E-state index contributed by atoms with van der Waals surface area (Å²) in [4.78, 5) is 16.6. The van der Waals surface area contributed by atoms with Crippen LogP contribution < -0.4 is 0 Å². The highest BCUT2D eigenvalue weighted by atomic mass is 35.5. The van der Waals surface area contributed by atoms with Crippen molar-refractivity contribution in [3.05, 3.63) is 76.8 Å². The zero-order valence-corrected chi connectivity index (χ0v) is 14.3. The Morgan fingerprint density at radius 3 is 2.46 bits per heavy atom. The molecule has 3 nitrogen and oxygen atoms in total. The minimum absolute atomic E-state index is 0.0845. The van der Waals surface area contributed by atoms with E-state index in [-0.39, 0.29) is 5.91 Å². The molecular formula is C20H21ClN2O. The topological polar surface area (TPSA) is 23.6 Å². The summed E-state index contributed by atoms with van der Waals surface area (Å²) in [5.41, 5.74) is 2.26. The average molecular weight is 341 g/mol. The predicted octanol–water partition coefficient (Wildman–Crippen LogP) is 3.70. The van der Waals surface area contributed by atoms with Crippen molar-refractivity contribution < 1.29 is 4.79 Å². The average Bonchev–Trinajstić information content (AvgIpc) is 2.61. The van der Waals surface area contributed by atoms with Gasteiger partial charge < -0.3 is 4.90 Å². The fourth-order valence-electron chi connectivity index (χ4n) is 2.86. The van der Waals surface area contributed by atoms with Gasteiger partial charge in [-0.15, -0.1) is 0 Å². The lowest BCUT2D eigenvalue weighted by Crippen LogP contribution is -2.47. The van der Waals surface area contributed by atoms with Crippen molar-refractivity contribution in [2.24, 2.45) is 0 Å². The number of benzene rings is 2. The van der Waals surface area contributed by atoms with Gasteiger partial charge in [-0.1, -0.05) is 54.1 Å². The van der Waals surface area contributed by atoms with Gasteiger partial charge in [0, 0.05) is 43.8 Å². The maximum absolute atomic E-state index is 12.3. The molecule has 0 radical (unpaired) electrons. The van der Waals surface area contributed by atoms with E-state index in [1.807, 2.05) is 59.5 Å². The molecule has 2 aromatic carbocycles. The third-order valence-electron chi connectivity index (χ3n) is 4.20. The summed E-state index contributed by atoms with van der Waals surface area (Å²) in [6.07, 6.45) is 3.54. The van der Waals surface area contributed by atoms with E-state index in [2.05, 4.69) is 11.0 Å². The summed E-state index contributed by atoms with van der Waals surface area (Å²) in [7, 11) is 0. The Morgan fingerprint density at radius 1 is 1.00 bits per heavy atom. The van der Waals surface area contributed by atoms with Gasteiger partial charge in [0.2, 0.25) is 5.91 Å². The van der Waals surface area contributed by atoms with E-state index in [0.29, 0.717) is 0 Å². The molecule has 0 N–H and O–H groups in total. The van der Waals surface area contributed by atoms with Gasteiger partial charge in [-0.3, -0.25) is 9.69 Å². The molecule has 3 rings (SSSR count). The zero-order valence-electron chi connectivity index (χ0n) is 13.6. The number of amides is 1. The lowest BCUT2D eigenvalue weighted by atomic mass is 10.2. The molecule has 0 unspecified atom stereocenters. The van der Waals surface area contributed by atoms with Crippen LogP contribution >= 0.6 is 11.6 Å². The Bertz CT molecular complexity index is 707. The van der Waals surface area contributed by atoms with Crippen molar-refractivity contribution in [3.8, 4) is 0 Å². The molecule has 1 aliphatic heterocycles. The van der Waals surface area contributed by atoms with E-state index in [9.17, 15) is 4.79 Å². The highest BCUT2D eigenvalue weighted by Crippen LogP contribution is 2.14. The maximum atomic E-state index is 12.3. The number of hydrogen-bond donors (Lipinski definition) is 0. The van der Waals surface area contributed by atoms with Crippen LogP contribution in [0.5, 0.6) is 0 Å². The van der Waals surface area contributed by atoms with Crippen LogP contribution in [0.25, 0.3) is 6.08 Å². The summed E-state index contributed by atoms with van der Waals surface area (Å²) in [6, 6.07) is 17.9. The third kappa shape index (κ3) is 4.70. The Kier molecular flexibility index (Phi) is 5.68. The van der Waals surface area contributed by atoms with Crippen molar-refractivity contribution in [1.82, 2.24) is 9.80 Å². The van der Waals surface area contributed by atoms with Gasteiger partial charge in [0.15, 0.2) is 0 Å². The van der Waals surface area contributed by atoms with E-state index >= 15 is 0 Å². The second-order valence-corrected chi connectivity index (χ2v) is 6.41. The molecule has 1 amide bonds. The van der Waals surface area contributed by atoms with E-state index in [1.54, 1.807) is 6.08 Å². The number of piperazine rings is 1. The first-order valence-electron chi connectivity index (χ1n) is 8.19. The molecule has 0 aliphatic carbocycles. The predicted molar refractivity (Wildman–Crippen MR) is 98.8 cm³/mol. The van der Waals surface area contributed by atoms with Crippen molar-refractivity contribution in [1.29, 1.82) is 0 Å². The first-order valence-corrected chi connectivity index (χ1v) is 8.57. The maximum Gasteiger partial charge on any atom is 0.246 e. The molecule has 1 aliphatic rings. The molecule has 24 heavy (non-hydrogen) atoms. The number of hydrogen-bond acceptors (Lipinski definition) is 2. The van der Waals surface area contributed by atoms with Gasteiger partial charge in [-0.05, 0) is 29.3 Å². The summed E-state index contributed by atoms with van der Waals surface area (Å²) in [5.74, 6) is 0.0845. The molecule has 1 saturated heterocycles. The number of nitrogens with zero attached hydrogens (tertiary/aromatic N) is 2. The quantitative estimate of drug-likeness (QED) is 0.792. The second kappa shape index (κ2) is 8.13. The van der Waals surface area contributed by atoms with E-state index in [1.165, 1.54) is 5.56 Å². The van der Waals surface area contributed by atoms with Gasteiger partial charge >= 0.3 is 0 Å². The molecule has 0 spiro atoms. The molecule has 124 valence electrons. The van der Waals surface area contributed by atoms with E-state index < -0.39 is 0 Å². The van der Waals surface area contributed by atoms with Crippen LogP contribution in [0, 0.1) is 0 Å². The summed E-state index contributed by atoms with van der Waals surface area (Å²) < 4.78 is 0. The summed E-state index contributed by atoms with van der Waals surface area (Å²) in [6.45, 7) is 4.17. The van der Waals surface area contributed by atoms with Crippen molar-refractivity contribution in [3.63, 3.8) is 0 Å². The van der Waals surface area contributed by atoms with Crippen molar-refractivity contribution in [2.75, 3.05) is 26.2 Å². The molecule has 1 fully saturated rings. The fraction of sp³-hybridized carbons (Fsp3) is 0.250. The van der Waals surface area contributed by atoms with Crippen molar-refractivity contribution >= 4 is 23.6 Å². The highest BCUT2D eigenvalue weighted by Gasteiger charge is 2.19. The van der Waals surface area contributed by atoms with Crippen LogP contribution in [0.1, 0.15) is 11.1 Å². The number of carbonyl (C=O) groups excluding carboxylic acids is 1. The first-order chi connectivity index (χ1) is 11.7. The van der Waals surface area contributed by atoms with Gasteiger partial charge in [-0.25, -0.2) is 0 Å². The number of halogens is 1. The minimum Gasteiger partial charge on any atom is -0.337 e. The fourth-order valence-corrected chi connectivity index (χ4v) is 3.07. The molecule has 0 aromatic heterocycles. The monoisotopic (exact) mass is 340 g/mol. The molecule has 0 saturated carbocycles.